The van der Waals surface area contributed by atoms with Gasteiger partial charge < -0.3 is 9.47 Å². The van der Waals surface area contributed by atoms with E-state index in [4.69, 9.17) is 9.47 Å². The van der Waals surface area contributed by atoms with Crippen LogP contribution in [0.25, 0.3) is 0 Å². The van der Waals surface area contributed by atoms with Gasteiger partial charge in [-0.3, -0.25) is 24.2 Å². The third-order valence-electron chi connectivity index (χ3n) is 6.12. The van der Waals surface area contributed by atoms with Crippen molar-refractivity contribution in [2.24, 2.45) is 5.92 Å². The lowest BCUT2D eigenvalue weighted by molar-refractivity contribution is -0.209. The maximum Gasteiger partial charge on any atom is 0.304 e. The molecule has 3 saturated heterocycles. The number of ether oxygens (including phenoxy) is 2. The van der Waals surface area contributed by atoms with Crippen molar-refractivity contribution in [3.05, 3.63) is 11.8 Å². The van der Waals surface area contributed by atoms with Crippen molar-refractivity contribution in [3.63, 3.8) is 0 Å². The van der Waals surface area contributed by atoms with Gasteiger partial charge in [-0.05, 0) is 25.8 Å². The monoisotopic (exact) mass is 362 g/mol. The molecule has 0 aromatic heterocycles. The first kappa shape index (κ1) is 17.5. The molecule has 4 heterocycles. The Morgan fingerprint density at radius 2 is 2.00 bits per heavy atom. The lowest BCUT2D eigenvalue weighted by Crippen LogP contribution is -2.73. The number of hydrogen-bond acceptors (Lipinski definition) is 6. The summed E-state index contributed by atoms with van der Waals surface area (Å²) >= 11 is 0. The normalized spacial score (nSPS) is 36.5. The van der Waals surface area contributed by atoms with Crippen LogP contribution in [0.3, 0.4) is 0 Å². The average Bonchev–Trinajstić information content (AvgIpc) is 2.59. The second-order valence-electron chi connectivity index (χ2n) is 7.84. The van der Waals surface area contributed by atoms with E-state index < -0.39 is 23.8 Å². The van der Waals surface area contributed by atoms with Gasteiger partial charge in [-0.15, -0.1) is 0 Å². The Labute approximate surface area is 153 Å². The van der Waals surface area contributed by atoms with Gasteiger partial charge in [-0.2, -0.15) is 0 Å². The van der Waals surface area contributed by atoms with Gasteiger partial charge in [0.2, 0.25) is 5.60 Å². The Bertz CT molecular complexity index is 675. The number of piperidine rings is 3. The second kappa shape index (κ2) is 6.37. The third kappa shape index (κ3) is 2.64. The second-order valence-corrected chi connectivity index (χ2v) is 7.84. The fourth-order valence-electron chi connectivity index (χ4n) is 5.31. The number of carbonyl (C=O) groups is 3. The highest BCUT2D eigenvalue weighted by Gasteiger charge is 2.63. The molecule has 0 aromatic rings. The highest BCUT2D eigenvalue weighted by molar-refractivity contribution is 5.92. The number of nitrogens with zero attached hydrogens (tertiary/aromatic N) is 2. The number of fused-ring (bicyclic) bond motifs is 6. The van der Waals surface area contributed by atoms with Crippen molar-refractivity contribution in [1.29, 1.82) is 0 Å². The zero-order valence-corrected chi connectivity index (χ0v) is 15.4. The summed E-state index contributed by atoms with van der Waals surface area (Å²) < 4.78 is 11.2. The smallest absolute Gasteiger partial charge is 0.304 e. The molecule has 0 aromatic carbocycles. The first-order valence-electron chi connectivity index (χ1n) is 9.57. The maximum atomic E-state index is 13.7. The summed E-state index contributed by atoms with van der Waals surface area (Å²) in [4.78, 5) is 41.1. The van der Waals surface area contributed by atoms with Crippen LogP contribution in [0, 0.1) is 5.92 Å². The standard InChI is InChI=1S/C19H26N2O5/c1-12(22)25-17-8-5-6-15-14-10-19(26-13(2)23,18(24)21(15)17)16-7-3-4-9-20(16)11-14/h6,14,16-17H,3-5,7-11H2,1-2H3/t14-,16-,17+,19-/m0/s1. The molecule has 7 heteroatoms. The number of esters is 2. The van der Waals surface area contributed by atoms with Gasteiger partial charge in [0.15, 0.2) is 6.23 Å². The molecule has 4 rings (SSSR count). The molecule has 0 spiro atoms. The summed E-state index contributed by atoms with van der Waals surface area (Å²) in [6.07, 6.45) is 6.34. The maximum absolute atomic E-state index is 13.7. The lowest BCUT2D eigenvalue weighted by Gasteiger charge is -2.59. The Morgan fingerprint density at radius 3 is 2.73 bits per heavy atom. The van der Waals surface area contributed by atoms with Gasteiger partial charge in [0.25, 0.3) is 5.91 Å². The topological polar surface area (TPSA) is 76.1 Å². The molecule has 0 N–H and O–H groups in total. The average molecular weight is 362 g/mol. The molecular weight excluding hydrogens is 336 g/mol. The van der Waals surface area contributed by atoms with Crippen LogP contribution in [-0.2, 0) is 23.9 Å². The summed E-state index contributed by atoms with van der Waals surface area (Å²) in [5, 5.41) is 0. The number of rotatable bonds is 2. The van der Waals surface area contributed by atoms with E-state index in [1.54, 1.807) is 4.90 Å². The van der Waals surface area contributed by atoms with Crippen LogP contribution in [0.2, 0.25) is 0 Å². The fourth-order valence-corrected chi connectivity index (χ4v) is 5.31. The van der Waals surface area contributed by atoms with Crippen molar-refractivity contribution in [2.75, 3.05) is 13.1 Å². The lowest BCUT2D eigenvalue weighted by atomic mass is 9.69. The Morgan fingerprint density at radius 1 is 1.19 bits per heavy atom. The molecular formula is C19H26N2O5. The van der Waals surface area contributed by atoms with Crippen LogP contribution in [0.5, 0.6) is 0 Å². The minimum Gasteiger partial charge on any atom is -0.447 e. The summed E-state index contributed by atoms with van der Waals surface area (Å²) in [7, 11) is 0. The highest BCUT2D eigenvalue weighted by atomic mass is 16.6. The number of carbonyl (C=O) groups excluding carboxylic acids is 3. The zero-order valence-electron chi connectivity index (χ0n) is 15.4. The van der Waals surface area contributed by atoms with Crippen molar-refractivity contribution in [3.8, 4) is 0 Å². The van der Waals surface area contributed by atoms with Gasteiger partial charge >= 0.3 is 11.9 Å². The Hall–Kier alpha value is -1.89. The summed E-state index contributed by atoms with van der Waals surface area (Å²) in [6, 6.07) is -0.0923. The molecule has 1 amide bonds. The summed E-state index contributed by atoms with van der Waals surface area (Å²) in [5.41, 5.74) is -0.235. The van der Waals surface area contributed by atoms with Crippen LogP contribution in [0.4, 0.5) is 0 Å². The molecule has 4 aliphatic heterocycles. The van der Waals surface area contributed by atoms with Crippen LogP contribution in [0.1, 0.15) is 52.4 Å². The van der Waals surface area contributed by atoms with E-state index in [1.165, 1.54) is 13.8 Å². The highest BCUT2D eigenvalue weighted by Crippen LogP contribution is 2.49. The molecule has 0 unspecified atom stereocenters. The molecule has 7 nitrogen and oxygen atoms in total. The first-order valence-corrected chi connectivity index (χ1v) is 9.57. The SMILES string of the molecule is CC(=O)O[C@@H]1CCC=C2[C@@H]3CN4CCCC[C@H]4[C@@](OC(C)=O)(C3)C(=O)N21. The van der Waals surface area contributed by atoms with Crippen molar-refractivity contribution in [2.45, 2.75) is 70.2 Å². The fraction of sp³-hybridized carbons (Fsp3) is 0.737. The van der Waals surface area contributed by atoms with Crippen LogP contribution >= 0.6 is 0 Å². The number of amides is 1. The predicted molar refractivity (Wildman–Crippen MR) is 91.5 cm³/mol. The van der Waals surface area contributed by atoms with Crippen LogP contribution < -0.4 is 0 Å². The van der Waals surface area contributed by atoms with Crippen LogP contribution in [0.15, 0.2) is 11.8 Å². The van der Waals surface area contributed by atoms with E-state index in [2.05, 4.69) is 11.0 Å². The third-order valence-corrected chi connectivity index (χ3v) is 6.12. The number of allylic oxidation sites excluding steroid dienone is 1. The molecule has 4 atom stereocenters. The largest absolute Gasteiger partial charge is 0.447 e. The molecule has 142 valence electrons. The van der Waals surface area contributed by atoms with Gasteiger partial charge in [0.1, 0.15) is 0 Å². The Balaban J connectivity index is 1.77. The molecule has 2 bridgehead atoms. The van der Waals surface area contributed by atoms with Gasteiger partial charge in [0.05, 0.1) is 6.04 Å². The van der Waals surface area contributed by atoms with E-state index in [-0.39, 0.29) is 17.9 Å². The minimum atomic E-state index is -1.16. The molecule has 0 radical (unpaired) electrons. The van der Waals surface area contributed by atoms with E-state index in [9.17, 15) is 14.4 Å². The minimum absolute atomic E-state index is 0.0923. The van der Waals surface area contributed by atoms with Gasteiger partial charge in [-0.25, -0.2) is 0 Å². The van der Waals surface area contributed by atoms with E-state index in [0.717, 1.165) is 44.5 Å². The molecule has 26 heavy (non-hydrogen) atoms. The van der Waals surface area contributed by atoms with E-state index >= 15 is 0 Å². The number of hydrogen-bond donors (Lipinski definition) is 0. The van der Waals surface area contributed by atoms with Crippen molar-refractivity contribution in [1.82, 2.24) is 9.80 Å². The first-order chi connectivity index (χ1) is 12.4. The van der Waals surface area contributed by atoms with Crippen molar-refractivity contribution >= 4 is 17.8 Å². The quantitative estimate of drug-likeness (QED) is 0.694. The molecule has 4 aliphatic rings. The van der Waals surface area contributed by atoms with Crippen LogP contribution in [-0.4, -0.2) is 58.6 Å². The van der Waals surface area contributed by atoms with E-state index in [1.807, 2.05) is 0 Å². The van der Waals surface area contributed by atoms with Gasteiger partial charge in [0, 0.05) is 44.8 Å². The molecule has 0 aliphatic carbocycles. The predicted octanol–water partition coefficient (Wildman–Crippen LogP) is 1.57. The molecule has 3 fully saturated rings. The van der Waals surface area contributed by atoms with Gasteiger partial charge in [-0.1, -0.05) is 12.5 Å². The molecule has 0 saturated carbocycles. The summed E-state index contributed by atoms with van der Waals surface area (Å²) in [6.45, 7) is 4.51. The summed E-state index contributed by atoms with van der Waals surface area (Å²) in [5.74, 6) is -0.948. The van der Waals surface area contributed by atoms with Crippen molar-refractivity contribution < 1.29 is 23.9 Å². The Kier molecular flexibility index (Phi) is 4.29. The zero-order chi connectivity index (χ0) is 18.5. The van der Waals surface area contributed by atoms with E-state index in [0.29, 0.717) is 12.8 Å².